The van der Waals surface area contributed by atoms with Crippen molar-refractivity contribution in [1.82, 2.24) is 9.97 Å². The van der Waals surface area contributed by atoms with Crippen LogP contribution in [0.5, 0.6) is 0 Å². The number of halogens is 1. The van der Waals surface area contributed by atoms with Crippen LogP contribution in [0.4, 0.5) is 16.5 Å². The van der Waals surface area contributed by atoms with Gasteiger partial charge in [0.2, 0.25) is 0 Å². The van der Waals surface area contributed by atoms with Gasteiger partial charge in [0.25, 0.3) is 0 Å². The molecule has 3 aromatic rings. The molecule has 3 rings (SSSR count). The van der Waals surface area contributed by atoms with Crippen LogP contribution in [0.25, 0.3) is 10.2 Å². The Hall–Kier alpha value is -1.85. The number of nitrogens with two attached hydrogens (primary N) is 1. The Bertz CT molecular complexity index is 740. The average Bonchev–Trinajstić information content (AvgIpc) is 2.76. The van der Waals surface area contributed by atoms with Crippen LogP contribution in [0.2, 0.25) is 5.02 Å². The third-order valence-corrected chi connectivity index (χ3v) is 3.91. The minimum atomic E-state index is 0.583. The third-order valence-electron chi connectivity index (χ3n) is 2.85. The van der Waals surface area contributed by atoms with Crippen molar-refractivity contribution in [2.75, 3.05) is 17.7 Å². The van der Waals surface area contributed by atoms with Gasteiger partial charge in [-0.05, 0) is 24.3 Å². The van der Waals surface area contributed by atoms with Crippen LogP contribution in [-0.4, -0.2) is 17.0 Å². The smallest absolute Gasteiger partial charge is 0.181 e. The van der Waals surface area contributed by atoms with Gasteiger partial charge in [-0.1, -0.05) is 22.9 Å². The first kappa shape index (κ1) is 12.2. The Morgan fingerprint density at radius 2 is 2.05 bits per heavy atom. The summed E-state index contributed by atoms with van der Waals surface area (Å²) in [6.45, 7) is 0. The minimum absolute atomic E-state index is 0.583. The van der Waals surface area contributed by atoms with Gasteiger partial charge in [0.15, 0.2) is 5.13 Å². The molecule has 4 nitrogen and oxygen atoms in total. The van der Waals surface area contributed by atoms with Crippen molar-refractivity contribution >= 4 is 49.7 Å². The van der Waals surface area contributed by atoms with E-state index >= 15 is 0 Å². The summed E-state index contributed by atoms with van der Waals surface area (Å²) in [7, 11) is 1.97. The maximum Gasteiger partial charge on any atom is 0.181 e. The number of benzene rings is 1. The minimum Gasteiger partial charge on any atom is -0.375 e. The Morgan fingerprint density at radius 3 is 2.84 bits per heavy atom. The Labute approximate surface area is 119 Å². The van der Waals surface area contributed by atoms with Crippen LogP contribution in [0, 0.1) is 0 Å². The second kappa shape index (κ2) is 4.68. The predicted octanol–water partition coefficient (Wildman–Crippen LogP) is 3.69. The van der Waals surface area contributed by atoms with Crippen molar-refractivity contribution in [1.29, 1.82) is 0 Å². The van der Waals surface area contributed by atoms with Crippen molar-refractivity contribution in [2.45, 2.75) is 0 Å². The zero-order valence-electron chi connectivity index (χ0n) is 10.2. The van der Waals surface area contributed by atoms with E-state index in [2.05, 4.69) is 16.0 Å². The van der Waals surface area contributed by atoms with Gasteiger partial charge >= 0.3 is 0 Å². The lowest BCUT2D eigenvalue weighted by atomic mass is 10.2. The number of pyridine rings is 1. The molecular weight excluding hydrogens is 280 g/mol. The summed E-state index contributed by atoms with van der Waals surface area (Å²) in [5.74, 6) is 0. The number of aromatic nitrogens is 2. The van der Waals surface area contributed by atoms with Gasteiger partial charge in [0, 0.05) is 18.9 Å². The molecule has 2 N–H and O–H groups in total. The number of anilines is 3. The van der Waals surface area contributed by atoms with Gasteiger partial charge in [-0.25, -0.2) is 4.98 Å². The van der Waals surface area contributed by atoms with Gasteiger partial charge < -0.3 is 10.6 Å². The number of nitrogen functional groups attached to an aromatic ring is 1. The van der Waals surface area contributed by atoms with E-state index in [1.165, 1.54) is 11.3 Å². The molecule has 0 saturated carbocycles. The zero-order chi connectivity index (χ0) is 13.4. The Kier molecular flexibility index (Phi) is 3.00. The molecule has 0 aliphatic carbocycles. The summed E-state index contributed by atoms with van der Waals surface area (Å²) in [5, 5.41) is 1.20. The predicted molar refractivity (Wildman–Crippen MR) is 81.3 cm³/mol. The number of thiazole rings is 1. The molecule has 96 valence electrons. The van der Waals surface area contributed by atoms with Crippen molar-refractivity contribution < 1.29 is 0 Å². The second-order valence-corrected chi connectivity index (χ2v) is 5.62. The first-order valence-electron chi connectivity index (χ1n) is 5.64. The fourth-order valence-corrected chi connectivity index (χ4v) is 2.81. The number of fused-ring (bicyclic) bond motifs is 1. The molecule has 0 bridgehead atoms. The fraction of sp³-hybridized carbons (Fsp3) is 0.0769. The molecule has 6 heteroatoms. The van der Waals surface area contributed by atoms with Crippen LogP contribution >= 0.6 is 22.9 Å². The van der Waals surface area contributed by atoms with Gasteiger partial charge in [-0.3, -0.25) is 4.98 Å². The van der Waals surface area contributed by atoms with Crippen molar-refractivity contribution in [3.63, 3.8) is 0 Å². The molecule has 0 saturated heterocycles. The molecule has 2 heterocycles. The lowest BCUT2D eigenvalue weighted by Crippen LogP contribution is -2.09. The molecule has 2 aromatic heterocycles. The van der Waals surface area contributed by atoms with Crippen molar-refractivity contribution in [3.8, 4) is 0 Å². The topological polar surface area (TPSA) is 55.0 Å². The first-order chi connectivity index (χ1) is 9.13. The number of rotatable bonds is 2. The molecule has 0 radical (unpaired) electrons. The average molecular weight is 291 g/mol. The van der Waals surface area contributed by atoms with E-state index in [0.717, 1.165) is 21.6 Å². The SMILES string of the molecule is CN(c1cncc(Cl)c1)c1ccc2nc(N)sc2c1. The van der Waals surface area contributed by atoms with Crippen LogP contribution < -0.4 is 10.6 Å². The molecular formula is C13H11ClN4S. The first-order valence-corrected chi connectivity index (χ1v) is 6.83. The molecule has 0 aliphatic heterocycles. The second-order valence-electron chi connectivity index (χ2n) is 4.12. The molecule has 0 amide bonds. The highest BCUT2D eigenvalue weighted by atomic mass is 35.5. The van der Waals surface area contributed by atoms with Gasteiger partial charge in [-0.15, -0.1) is 0 Å². The largest absolute Gasteiger partial charge is 0.375 e. The van der Waals surface area contributed by atoms with Crippen molar-refractivity contribution in [3.05, 3.63) is 41.7 Å². The number of nitrogens with zero attached hydrogens (tertiary/aromatic N) is 3. The van der Waals surface area contributed by atoms with E-state index in [9.17, 15) is 0 Å². The summed E-state index contributed by atoms with van der Waals surface area (Å²) in [6.07, 6.45) is 3.39. The monoisotopic (exact) mass is 290 g/mol. The summed E-state index contributed by atoms with van der Waals surface area (Å²) >= 11 is 7.44. The quantitative estimate of drug-likeness (QED) is 0.782. The van der Waals surface area contributed by atoms with E-state index in [-0.39, 0.29) is 0 Å². The lowest BCUT2D eigenvalue weighted by molar-refractivity contribution is 1.18. The van der Waals surface area contributed by atoms with Crippen LogP contribution in [0.15, 0.2) is 36.7 Å². The maximum absolute atomic E-state index is 5.96. The lowest BCUT2D eigenvalue weighted by Gasteiger charge is -2.19. The van der Waals surface area contributed by atoms with E-state index in [1.54, 1.807) is 12.4 Å². The molecule has 0 unspecified atom stereocenters. The highest BCUT2D eigenvalue weighted by Crippen LogP contribution is 2.31. The highest BCUT2D eigenvalue weighted by molar-refractivity contribution is 7.22. The molecule has 0 atom stereocenters. The summed E-state index contributed by atoms with van der Waals surface area (Å²) in [6, 6.07) is 7.90. The Morgan fingerprint density at radius 1 is 1.21 bits per heavy atom. The molecule has 1 aromatic carbocycles. The molecule has 19 heavy (non-hydrogen) atoms. The summed E-state index contributed by atoms with van der Waals surface area (Å²) < 4.78 is 1.07. The zero-order valence-corrected chi connectivity index (χ0v) is 11.7. The molecule has 0 spiro atoms. The normalized spacial score (nSPS) is 10.8. The van der Waals surface area contributed by atoms with Gasteiger partial charge in [0.1, 0.15) is 0 Å². The third kappa shape index (κ3) is 2.34. The standard InChI is InChI=1S/C13H11ClN4S/c1-18(10-4-8(14)6-16-7-10)9-2-3-11-12(5-9)19-13(15)17-11/h2-7H,1H3,(H2,15,17). The van der Waals surface area contributed by atoms with Gasteiger partial charge in [-0.2, -0.15) is 0 Å². The summed E-state index contributed by atoms with van der Waals surface area (Å²) in [4.78, 5) is 10.4. The van der Waals surface area contributed by atoms with Gasteiger partial charge in [0.05, 0.1) is 27.1 Å². The highest BCUT2D eigenvalue weighted by Gasteiger charge is 2.08. The van der Waals surface area contributed by atoms with E-state index < -0.39 is 0 Å². The van der Waals surface area contributed by atoms with Crippen molar-refractivity contribution in [2.24, 2.45) is 0 Å². The number of hydrogen-bond donors (Lipinski definition) is 1. The van der Waals surface area contributed by atoms with Crippen LogP contribution in [0.3, 0.4) is 0 Å². The van der Waals surface area contributed by atoms with E-state index in [0.29, 0.717) is 10.2 Å². The fourth-order valence-electron chi connectivity index (χ4n) is 1.87. The maximum atomic E-state index is 5.96. The molecule has 0 fully saturated rings. The Balaban J connectivity index is 2.03. The van der Waals surface area contributed by atoms with Crippen LogP contribution in [-0.2, 0) is 0 Å². The number of hydrogen-bond acceptors (Lipinski definition) is 5. The summed E-state index contributed by atoms with van der Waals surface area (Å²) in [5.41, 5.74) is 8.61. The van der Waals surface area contributed by atoms with E-state index in [4.69, 9.17) is 17.3 Å². The van der Waals surface area contributed by atoms with Crippen LogP contribution in [0.1, 0.15) is 0 Å². The van der Waals surface area contributed by atoms with E-state index in [1.807, 2.05) is 30.1 Å². The molecule has 0 aliphatic rings.